The van der Waals surface area contributed by atoms with Crippen LogP contribution in [0.1, 0.15) is 58.2 Å². The SMILES string of the molecule is CCc1nn(C)c2c1nc(N)n2C1CCCCC1(C)C. The lowest BCUT2D eigenvalue weighted by Gasteiger charge is -2.39. The first-order chi connectivity index (χ1) is 9.45. The molecule has 5 heteroatoms. The van der Waals surface area contributed by atoms with Crippen molar-refractivity contribution < 1.29 is 0 Å². The highest BCUT2D eigenvalue weighted by atomic mass is 15.4. The zero-order chi connectivity index (χ0) is 14.5. The second-order valence-corrected chi connectivity index (χ2v) is 6.69. The molecular weight excluding hydrogens is 250 g/mol. The van der Waals surface area contributed by atoms with E-state index in [-0.39, 0.29) is 5.41 Å². The van der Waals surface area contributed by atoms with Crippen molar-refractivity contribution >= 4 is 17.1 Å². The van der Waals surface area contributed by atoms with Crippen LogP contribution in [0, 0.1) is 5.41 Å². The molecule has 1 aliphatic carbocycles. The maximum atomic E-state index is 6.25. The summed E-state index contributed by atoms with van der Waals surface area (Å²) >= 11 is 0. The standard InChI is InChI=1S/C15H25N5/c1-5-10-12-13(19(4)18-10)20(14(16)17-12)11-8-6-7-9-15(11,2)3/h11H,5-9H2,1-4H3,(H2,16,17). The summed E-state index contributed by atoms with van der Waals surface area (Å²) in [6.45, 7) is 6.81. The van der Waals surface area contributed by atoms with Gasteiger partial charge in [-0.25, -0.2) is 4.98 Å². The molecule has 0 amide bonds. The Morgan fingerprint density at radius 2 is 2.10 bits per heavy atom. The van der Waals surface area contributed by atoms with E-state index in [1.807, 2.05) is 11.7 Å². The third-order valence-corrected chi connectivity index (χ3v) is 4.86. The van der Waals surface area contributed by atoms with Crippen LogP contribution in [0.3, 0.4) is 0 Å². The fraction of sp³-hybridized carbons (Fsp3) is 0.733. The summed E-state index contributed by atoms with van der Waals surface area (Å²) in [6.07, 6.45) is 5.89. The van der Waals surface area contributed by atoms with Crippen molar-refractivity contribution in [2.24, 2.45) is 12.5 Å². The average Bonchev–Trinajstić information content (AvgIpc) is 2.87. The van der Waals surface area contributed by atoms with E-state index in [2.05, 4.69) is 35.4 Å². The molecule has 2 heterocycles. The lowest BCUT2D eigenvalue weighted by molar-refractivity contribution is 0.148. The first kappa shape index (κ1) is 13.5. The molecule has 5 nitrogen and oxygen atoms in total. The van der Waals surface area contributed by atoms with Gasteiger partial charge in [-0.3, -0.25) is 9.25 Å². The van der Waals surface area contributed by atoms with Crippen LogP contribution in [0.25, 0.3) is 11.2 Å². The Bertz CT molecular complexity index is 634. The minimum absolute atomic E-state index is 0.261. The van der Waals surface area contributed by atoms with Gasteiger partial charge in [-0.15, -0.1) is 0 Å². The minimum atomic E-state index is 0.261. The smallest absolute Gasteiger partial charge is 0.202 e. The number of rotatable bonds is 2. The van der Waals surface area contributed by atoms with Gasteiger partial charge in [0.1, 0.15) is 5.52 Å². The van der Waals surface area contributed by atoms with Crippen molar-refractivity contribution in [2.45, 2.75) is 58.9 Å². The highest BCUT2D eigenvalue weighted by molar-refractivity contribution is 5.78. The van der Waals surface area contributed by atoms with Gasteiger partial charge in [0.25, 0.3) is 0 Å². The highest BCUT2D eigenvalue weighted by Gasteiger charge is 2.36. The predicted molar refractivity (Wildman–Crippen MR) is 81.6 cm³/mol. The van der Waals surface area contributed by atoms with Crippen molar-refractivity contribution in [3.05, 3.63) is 5.69 Å². The number of fused-ring (bicyclic) bond motifs is 1. The zero-order valence-corrected chi connectivity index (χ0v) is 13.0. The molecule has 1 atom stereocenters. The van der Waals surface area contributed by atoms with Crippen LogP contribution in [-0.4, -0.2) is 19.3 Å². The summed E-state index contributed by atoms with van der Waals surface area (Å²) in [5.41, 5.74) is 9.62. The molecule has 0 aromatic carbocycles. The molecule has 1 aliphatic rings. The molecule has 0 saturated heterocycles. The summed E-state index contributed by atoms with van der Waals surface area (Å²) in [5.74, 6) is 0.641. The van der Waals surface area contributed by atoms with Crippen molar-refractivity contribution in [3.63, 3.8) is 0 Å². The molecule has 2 N–H and O–H groups in total. The van der Waals surface area contributed by atoms with Gasteiger partial charge in [0, 0.05) is 13.1 Å². The molecule has 1 fully saturated rings. The van der Waals surface area contributed by atoms with Crippen LogP contribution in [0.5, 0.6) is 0 Å². The van der Waals surface area contributed by atoms with Gasteiger partial charge in [-0.1, -0.05) is 33.6 Å². The van der Waals surface area contributed by atoms with E-state index >= 15 is 0 Å². The quantitative estimate of drug-likeness (QED) is 0.916. The van der Waals surface area contributed by atoms with Crippen molar-refractivity contribution in [3.8, 4) is 0 Å². The van der Waals surface area contributed by atoms with E-state index < -0.39 is 0 Å². The largest absolute Gasteiger partial charge is 0.369 e. The Morgan fingerprint density at radius 3 is 2.75 bits per heavy atom. The first-order valence-corrected chi connectivity index (χ1v) is 7.65. The zero-order valence-electron chi connectivity index (χ0n) is 13.0. The number of nitrogen functional groups attached to an aromatic ring is 1. The molecule has 2 aromatic rings. The molecule has 20 heavy (non-hydrogen) atoms. The lowest BCUT2D eigenvalue weighted by Crippen LogP contribution is -2.31. The fourth-order valence-electron chi connectivity index (χ4n) is 3.72. The van der Waals surface area contributed by atoms with E-state index in [0.29, 0.717) is 12.0 Å². The minimum Gasteiger partial charge on any atom is -0.369 e. The van der Waals surface area contributed by atoms with E-state index in [0.717, 1.165) is 23.3 Å². The first-order valence-electron chi connectivity index (χ1n) is 7.65. The number of hydrogen-bond acceptors (Lipinski definition) is 3. The van der Waals surface area contributed by atoms with Crippen LogP contribution >= 0.6 is 0 Å². The van der Waals surface area contributed by atoms with Crippen LogP contribution in [0.15, 0.2) is 0 Å². The summed E-state index contributed by atoms with van der Waals surface area (Å²) in [6, 6.07) is 0.418. The van der Waals surface area contributed by atoms with Gasteiger partial charge in [-0.2, -0.15) is 5.10 Å². The molecule has 0 aliphatic heterocycles. The normalized spacial score (nSPS) is 22.5. The summed E-state index contributed by atoms with van der Waals surface area (Å²) in [7, 11) is 1.99. The van der Waals surface area contributed by atoms with E-state index in [1.54, 1.807) is 0 Å². The average molecular weight is 275 g/mol. The van der Waals surface area contributed by atoms with Crippen LogP contribution in [0.2, 0.25) is 0 Å². The van der Waals surface area contributed by atoms with E-state index in [1.165, 1.54) is 25.7 Å². The Labute approximate surface area is 120 Å². The summed E-state index contributed by atoms with van der Waals surface area (Å²) < 4.78 is 4.18. The van der Waals surface area contributed by atoms with Gasteiger partial charge in [0.15, 0.2) is 5.65 Å². The Morgan fingerprint density at radius 1 is 1.35 bits per heavy atom. The van der Waals surface area contributed by atoms with Gasteiger partial charge < -0.3 is 5.73 Å². The Hall–Kier alpha value is -1.52. The molecule has 3 rings (SSSR count). The monoisotopic (exact) mass is 275 g/mol. The third kappa shape index (κ3) is 1.83. The molecule has 1 saturated carbocycles. The summed E-state index contributed by atoms with van der Waals surface area (Å²) in [5, 5.41) is 4.59. The molecule has 0 bridgehead atoms. The number of anilines is 1. The lowest BCUT2D eigenvalue weighted by atomic mass is 9.73. The number of aromatic nitrogens is 4. The maximum absolute atomic E-state index is 6.25. The number of nitrogens with two attached hydrogens (primary N) is 1. The molecule has 2 aromatic heterocycles. The number of hydrogen-bond donors (Lipinski definition) is 1. The fourth-order valence-corrected chi connectivity index (χ4v) is 3.72. The van der Waals surface area contributed by atoms with Gasteiger partial charge >= 0.3 is 0 Å². The number of nitrogens with zero attached hydrogens (tertiary/aromatic N) is 4. The van der Waals surface area contributed by atoms with Gasteiger partial charge in [-0.05, 0) is 24.7 Å². The number of imidazole rings is 1. The maximum Gasteiger partial charge on any atom is 0.202 e. The van der Waals surface area contributed by atoms with Gasteiger partial charge in [0.2, 0.25) is 5.95 Å². The summed E-state index contributed by atoms with van der Waals surface area (Å²) in [4.78, 5) is 4.60. The topological polar surface area (TPSA) is 61.7 Å². The third-order valence-electron chi connectivity index (χ3n) is 4.86. The number of aryl methyl sites for hydroxylation is 2. The molecule has 0 spiro atoms. The van der Waals surface area contributed by atoms with E-state index in [9.17, 15) is 0 Å². The Balaban J connectivity index is 2.20. The molecule has 110 valence electrons. The second-order valence-electron chi connectivity index (χ2n) is 6.69. The van der Waals surface area contributed by atoms with Gasteiger partial charge in [0.05, 0.1) is 5.69 Å². The van der Waals surface area contributed by atoms with Crippen LogP contribution in [0.4, 0.5) is 5.95 Å². The Kier molecular flexibility index (Phi) is 3.03. The molecular formula is C15H25N5. The van der Waals surface area contributed by atoms with E-state index in [4.69, 9.17) is 5.73 Å². The molecule has 0 radical (unpaired) electrons. The van der Waals surface area contributed by atoms with Crippen molar-refractivity contribution in [1.29, 1.82) is 0 Å². The second kappa shape index (κ2) is 4.50. The van der Waals surface area contributed by atoms with Crippen molar-refractivity contribution in [2.75, 3.05) is 5.73 Å². The predicted octanol–water partition coefficient (Wildman–Crippen LogP) is 3.06. The van der Waals surface area contributed by atoms with Crippen LogP contribution in [-0.2, 0) is 13.5 Å². The molecule has 1 unspecified atom stereocenters. The highest BCUT2D eigenvalue weighted by Crippen LogP contribution is 2.46. The van der Waals surface area contributed by atoms with Crippen LogP contribution < -0.4 is 5.73 Å². The van der Waals surface area contributed by atoms with Crippen molar-refractivity contribution in [1.82, 2.24) is 19.3 Å².